The molecule has 0 atom stereocenters. The Balaban J connectivity index is 2.27. The second-order valence-electron chi connectivity index (χ2n) is 4.77. The number of carbonyl (C=O) groups is 1. The van der Waals surface area contributed by atoms with Gasteiger partial charge < -0.3 is 20.2 Å². The van der Waals surface area contributed by atoms with E-state index < -0.39 is 11.6 Å². The van der Waals surface area contributed by atoms with Crippen LogP contribution in [-0.4, -0.2) is 33.0 Å². The van der Waals surface area contributed by atoms with Crippen molar-refractivity contribution < 1.29 is 14.3 Å². The number of amides is 1. The van der Waals surface area contributed by atoms with E-state index in [0.29, 0.717) is 11.4 Å². The van der Waals surface area contributed by atoms with E-state index in [1.807, 2.05) is 0 Å². The van der Waals surface area contributed by atoms with Crippen molar-refractivity contribution in [1.82, 2.24) is 20.4 Å². The number of aromatic amines is 1. The van der Waals surface area contributed by atoms with Crippen molar-refractivity contribution in [3.8, 4) is 0 Å². The van der Waals surface area contributed by atoms with Crippen LogP contribution in [0.3, 0.4) is 0 Å². The largest absolute Gasteiger partial charge is 0.459 e. The van der Waals surface area contributed by atoms with E-state index >= 15 is 0 Å². The van der Waals surface area contributed by atoms with E-state index in [2.05, 4.69) is 27.4 Å². The number of aliphatic imine (C=N–C) groups is 1. The molecule has 2 aromatic rings. The Morgan fingerprint density at radius 1 is 1.54 bits per heavy atom. The summed E-state index contributed by atoms with van der Waals surface area (Å²) in [6.07, 6.45) is 1.36. The molecule has 24 heavy (non-hydrogen) atoms. The number of aliphatic hydroxyl groups excluding tert-OH is 1. The molecule has 0 radical (unpaired) electrons. The fourth-order valence-electron chi connectivity index (χ4n) is 2.03. The standard InChI is InChI=1S/C14H18N6O4/c1-8-11(17-14(23)20(8)5-6-21)12(16-9(2)15)18-19-13(22)10-4-3-7-24-10/h3-4,7,21H,2,5-6,15H2,1H3,(H,16,18)(H,17,23)(H,19,22). The number of hydrogen-bond acceptors (Lipinski definition) is 6. The lowest BCUT2D eigenvalue weighted by Gasteiger charge is -2.10. The molecule has 0 saturated carbocycles. The number of rotatable bonds is 5. The number of furan rings is 1. The fourth-order valence-corrected chi connectivity index (χ4v) is 2.03. The van der Waals surface area contributed by atoms with E-state index in [1.165, 1.54) is 16.9 Å². The topological polar surface area (TPSA) is 151 Å². The average molecular weight is 334 g/mol. The summed E-state index contributed by atoms with van der Waals surface area (Å²) in [5.41, 5.74) is 10.9. The van der Waals surface area contributed by atoms with Gasteiger partial charge in [0.15, 0.2) is 11.6 Å². The van der Waals surface area contributed by atoms with Crippen molar-refractivity contribution in [2.45, 2.75) is 13.5 Å². The molecular weight excluding hydrogens is 316 g/mol. The van der Waals surface area contributed by atoms with Gasteiger partial charge in [-0.2, -0.15) is 0 Å². The van der Waals surface area contributed by atoms with E-state index in [0.717, 1.165) is 0 Å². The first-order valence-corrected chi connectivity index (χ1v) is 6.97. The Labute approximate surface area is 136 Å². The van der Waals surface area contributed by atoms with Gasteiger partial charge in [0, 0.05) is 5.69 Å². The molecule has 0 bridgehead atoms. The van der Waals surface area contributed by atoms with Crippen molar-refractivity contribution in [2.75, 3.05) is 6.61 Å². The Hall–Kier alpha value is -3.27. The van der Waals surface area contributed by atoms with Crippen molar-refractivity contribution in [3.63, 3.8) is 0 Å². The van der Waals surface area contributed by atoms with Gasteiger partial charge in [0.05, 0.1) is 19.4 Å². The molecule has 1 amide bonds. The Morgan fingerprint density at radius 2 is 2.29 bits per heavy atom. The third-order valence-electron chi connectivity index (χ3n) is 3.10. The predicted octanol–water partition coefficient (Wildman–Crippen LogP) is -0.819. The summed E-state index contributed by atoms with van der Waals surface area (Å²) < 4.78 is 6.30. The summed E-state index contributed by atoms with van der Waals surface area (Å²) in [6.45, 7) is 5.06. The van der Waals surface area contributed by atoms with Crippen LogP contribution in [0, 0.1) is 6.92 Å². The van der Waals surface area contributed by atoms with Gasteiger partial charge in [0.1, 0.15) is 11.5 Å². The Morgan fingerprint density at radius 3 is 2.88 bits per heavy atom. The van der Waals surface area contributed by atoms with E-state index in [4.69, 9.17) is 15.3 Å². The SMILES string of the molecule is C=C(N)/N=C(/NNC(=O)c1ccco1)c1[nH]c(=O)n(CCO)c1C. The number of carbonyl (C=O) groups excluding carboxylic acids is 1. The van der Waals surface area contributed by atoms with Crippen LogP contribution < -0.4 is 22.3 Å². The van der Waals surface area contributed by atoms with Gasteiger partial charge in [-0.3, -0.25) is 20.2 Å². The van der Waals surface area contributed by atoms with E-state index in [9.17, 15) is 9.59 Å². The summed E-state index contributed by atoms with van der Waals surface area (Å²) in [5, 5.41) is 9.02. The van der Waals surface area contributed by atoms with Crippen LogP contribution in [0.5, 0.6) is 0 Å². The van der Waals surface area contributed by atoms with E-state index in [1.54, 1.807) is 13.0 Å². The number of hydrazine groups is 1. The molecule has 0 aliphatic carbocycles. The highest BCUT2D eigenvalue weighted by atomic mass is 16.3. The maximum atomic E-state index is 11.9. The molecule has 0 unspecified atom stereocenters. The molecule has 0 saturated heterocycles. The second-order valence-corrected chi connectivity index (χ2v) is 4.77. The average Bonchev–Trinajstić information content (AvgIpc) is 3.15. The summed E-state index contributed by atoms with van der Waals surface area (Å²) in [4.78, 5) is 30.4. The molecule has 0 aliphatic rings. The van der Waals surface area contributed by atoms with Crippen molar-refractivity contribution in [1.29, 1.82) is 0 Å². The van der Waals surface area contributed by atoms with Crippen molar-refractivity contribution in [3.05, 3.63) is 58.4 Å². The molecule has 128 valence electrons. The quantitative estimate of drug-likeness (QED) is 0.274. The molecule has 0 aromatic carbocycles. The van der Waals surface area contributed by atoms with Crippen molar-refractivity contribution >= 4 is 11.7 Å². The summed E-state index contributed by atoms with van der Waals surface area (Å²) >= 11 is 0. The summed E-state index contributed by atoms with van der Waals surface area (Å²) in [7, 11) is 0. The highest BCUT2D eigenvalue weighted by molar-refractivity contribution is 6.01. The fraction of sp³-hybridized carbons (Fsp3) is 0.214. The monoisotopic (exact) mass is 334 g/mol. The second kappa shape index (κ2) is 7.33. The highest BCUT2D eigenvalue weighted by Gasteiger charge is 2.17. The molecule has 6 N–H and O–H groups in total. The predicted molar refractivity (Wildman–Crippen MR) is 86.0 cm³/mol. The number of hydrogen-bond donors (Lipinski definition) is 5. The zero-order chi connectivity index (χ0) is 17.7. The minimum Gasteiger partial charge on any atom is -0.459 e. The van der Waals surface area contributed by atoms with Crippen LogP contribution in [0.2, 0.25) is 0 Å². The molecule has 0 aliphatic heterocycles. The molecule has 10 nitrogen and oxygen atoms in total. The number of imidazole rings is 1. The van der Waals surface area contributed by atoms with Gasteiger partial charge in [0.2, 0.25) is 0 Å². The Bertz CT molecular complexity index is 815. The van der Waals surface area contributed by atoms with Gasteiger partial charge in [-0.25, -0.2) is 9.79 Å². The number of nitrogens with one attached hydrogen (secondary N) is 3. The highest BCUT2D eigenvalue weighted by Crippen LogP contribution is 2.05. The van der Waals surface area contributed by atoms with Gasteiger partial charge in [-0.15, -0.1) is 0 Å². The van der Waals surface area contributed by atoms with Crippen LogP contribution >= 0.6 is 0 Å². The zero-order valence-electron chi connectivity index (χ0n) is 13.0. The maximum Gasteiger partial charge on any atom is 0.326 e. The number of aromatic nitrogens is 2. The summed E-state index contributed by atoms with van der Waals surface area (Å²) in [6, 6.07) is 3.06. The van der Waals surface area contributed by atoms with Gasteiger partial charge >= 0.3 is 11.6 Å². The molecule has 0 fully saturated rings. The minimum absolute atomic E-state index is 0.0279. The minimum atomic E-state index is -0.537. The molecule has 0 spiro atoms. The third-order valence-corrected chi connectivity index (χ3v) is 3.10. The number of nitrogens with zero attached hydrogens (tertiary/aromatic N) is 2. The smallest absolute Gasteiger partial charge is 0.326 e. The molecule has 2 heterocycles. The number of H-pyrrole nitrogens is 1. The van der Waals surface area contributed by atoms with Crippen LogP contribution in [0.1, 0.15) is 21.9 Å². The number of amidine groups is 1. The number of aliphatic hydroxyl groups is 1. The molecule has 2 aromatic heterocycles. The van der Waals surface area contributed by atoms with Crippen LogP contribution in [0.4, 0.5) is 0 Å². The van der Waals surface area contributed by atoms with Gasteiger partial charge in [-0.05, 0) is 19.1 Å². The van der Waals surface area contributed by atoms with E-state index in [-0.39, 0.29) is 30.6 Å². The maximum absolute atomic E-state index is 11.9. The van der Waals surface area contributed by atoms with Crippen LogP contribution in [0.25, 0.3) is 0 Å². The Kier molecular flexibility index (Phi) is 5.22. The third kappa shape index (κ3) is 3.73. The lowest BCUT2D eigenvalue weighted by Crippen LogP contribution is -2.42. The van der Waals surface area contributed by atoms with Crippen molar-refractivity contribution in [2.24, 2.45) is 10.7 Å². The van der Waals surface area contributed by atoms with Gasteiger partial charge in [-0.1, -0.05) is 6.58 Å². The first kappa shape index (κ1) is 17.1. The first-order valence-electron chi connectivity index (χ1n) is 6.97. The van der Waals surface area contributed by atoms with Crippen LogP contribution in [-0.2, 0) is 6.54 Å². The lowest BCUT2D eigenvalue weighted by atomic mass is 10.3. The van der Waals surface area contributed by atoms with Crippen LogP contribution in [0.15, 0.2) is 45.0 Å². The summed E-state index contributed by atoms with van der Waals surface area (Å²) in [5.74, 6) is -0.379. The normalized spacial score (nSPS) is 11.3. The molecule has 10 heteroatoms. The molecular formula is C14H18N6O4. The zero-order valence-corrected chi connectivity index (χ0v) is 13.0. The first-order chi connectivity index (χ1) is 11.4. The molecule has 2 rings (SSSR count). The number of nitrogens with two attached hydrogens (primary N) is 1. The van der Waals surface area contributed by atoms with Gasteiger partial charge in [0.25, 0.3) is 0 Å². The lowest BCUT2D eigenvalue weighted by molar-refractivity contribution is 0.0916.